The molecule has 19 heavy (non-hydrogen) atoms. The van der Waals surface area contributed by atoms with Gasteiger partial charge in [-0.05, 0) is 24.6 Å². The van der Waals surface area contributed by atoms with Gasteiger partial charge in [0.05, 0.1) is 12.8 Å². The molecule has 2 rings (SSSR count). The van der Waals surface area contributed by atoms with Crippen LogP contribution < -0.4 is 10.1 Å². The first-order valence-electron chi connectivity index (χ1n) is 6.04. The van der Waals surface area contributed by atoms with Crippen LogP contribution in [-0.4, -0.2) is 22.2 Å². The summed E-state index contributed by atoms with van der Waals surface area (Å²) in [6, 6.07) is 7.21. The van der Waals surface area contributed by atoms with Crippen molar-refractivity contribution in [2.75, 3.05) is 7.11 Å². The maximum Gasteiger partial charge on any atom is 0.212 e. The molecule has 100 valence electrons. The van der Waals surface area contributed by atoms with E-state index in [1.165, 1.54) is 0 Å². The third-order valence-corrected chi connectivity index (χ3v) is 2.72. The molecular weight excluding hydrogens is 242 g/mol. The number of aryl methyl sites for hydroxylation is 1. The van der Waals surface area contributed by atoms with E-state index in [-0.39, 0.29) is 5.75 Å². The monoisotopic (exact) mass is 259 g/mol. The third-order valence-electron chi connectivity index (χ3n) is 2.72. The van der Waals surface area contributed by atoms with Crippen LogP contribution in [0.1, 0.15) is 17.0 Å². The van der Waals surface area contributed by atoms with Gasteiger partial charge in [0.1, 0.15) is 5.75 Å². The first-order valence-corrected chi connectivity index (χ1v) is 6.04. The van der Waals surface area contributed by atoms with Crippen LogP contribution >= 0.6 is 0 Å². The molecule has 0 fully saturated rings. The highest BCUT2D eigenvalue weighted by Gasteiger charge is 2.03. The van der Waals surface area contributed by atoms with Gasteiger partial charge >= 0.3 is 0 Å². The normalized spacial score (nSPS) is 10.4. The maximum atomic E-state index is 9.67. The van der Waals surface area contributed by atoms with E-state index in [9.17, 15) is 5.11 Å². The minimum Gasteiger partial charge on any atom is -0.506 e. The van der Waals surface area contributed by atoms with Gasteiger partial charge in [0.15, 0.2) is 0 Å². The molecule has 0 saturated carbocycles. The molecule has 0 aliphatic heterocycles. The second-order valence-corrected chi connectivity index (χ2v) is 4.23. The number of nitrogens with one attached hydrogen (secondary N) is 1. The number of methoxy groups -OCH3 is 1. The predicted octanol–water partition coefficient (Wildman–Crippen LogP) is 1.79. The molecule has 0 aliphatic carbocycles. The zero-order chi connectivity index (χ0) is 13.7. The maximum absolute atomic E-state index is 9.67. The lowest BCUT2D eigenvalue weighted by atomic mass is 10.2. The van der Waals surface area contributed by atoms with Crippen LogP contribution in [-0.2, 0) is 13.1 Å². The zero-order valence-electron chi connectivity index (χ0n) is 11.1. The quantitative estimate of drug-likeness (QED) is 0.857. The summed E-state index contributed by atoms with van der Waals surface area (Å²) in [5.41, 5.74) is 2.59. The molecule has 2 aromatic rings. The summed E-state index contributed by atoms with van der Waals surface area (Å²) in [6.07, 6.45) is 1.76. The number of nitrogens with zero attached hydrogens (tertiary/aromatic N) is 2. The Hall–Kier alpha value is -2.14. The highest BCUT2D eigenvalue weighted by Crippen LogP contribution is 2.14. The Morgan fingerprint density at radius 2 is 2.05 bits per heavy atom. The standard InChI is InChI=1S/C14H17N3O2/c1-10-3-5-13(18)12(17-10)9-15-7-11-4-6-14(19-2)16-8-11/h3-6,8,15,18H,7,9H2,1-2H3. The second kappa shape index (κ2) is 6.15. The summed E-state index contributed by atoms with van der Waals surface area (Å²) in [5.74, 6) is 0.813. The van der Waals surface area contributed by atoms with Crippen molar-refractivity contribution in [3.8, 4) is 11.6 Å². The van der Waals surface area contributed by atoms with Crippen LogP contribution in [0.15, 0.2) is 30.5 Å². The lowest BCUT2D eigenvalue weighted by Crippen LogP contribution is -2.14. The number of pyridine rings is 2. The van der Waals surface area contributed by atoms with E-state index >= 15 is 0 Å². The van der Waals surface area contributed by atoms with Crippen molar-refractivity contribution in [1.29, 1.82) is 0 Å². The van der Waals surface area contributed by atoms with Gasteiger partial charge in [-0.25, -0.2) is 4.98 Å². The fourth-order valence-electron chi connectivity index (χ4n) is 1.69. The van der Waals surface area contributed by atoms with Crippen molar-refractivity contribution >= 4 is 0 Å². The van der Waals surface area contributed by atoms with Crippen molar-refractivity contribution in [1.82, 2.24) is 15.3 Å². The van der Waals surface area contributed by atoms with E-state index in [0.717, 1.165) is 11.3 Å². The summed E-state index contributed by atoms with van der Waals surface area (Å²) in [7, 11) is 1.59. The molecule has 0 amide bonds. The third kappa shape index (κ3) is 3.66. The number of rotatable bonds is 5. The van der Waals surface area contributed by atoms with Gasteiger partial charge < -0.3 is 15.2 Å². The minimum absolute atomic E-state index is 0.214. The van der Waals surface area contributed by atoms with Crippen LogP contribution in [0.2, 0.25) is 0 Å². The molecule has 0 unspecified atom stereocenters. The van der Waals surface area contributed by atoms with Crippen molar-refractivity contribution in [2.45, 2.75) is 20.0 Å². The van der Waals surface area contributed by atoms with E-state index in [1.807, 2.05) is 19.1 Å². The Morgan fingerprint density at radius 1 is 1.21 bits per heavy atom. The Bertz CT molecular complexity index is 541. The van der Waals surface area contributed by atoms with Crippen LogP contribution in [0.4, 0.5) is 0 Å². The van der Waals surface area contributed by atoms with Gasteiger partial charge in [-0.3, -0.25) is 4.98 Å². The summed E-state index contributed by atoms with van der Waals surface area (Å²) >= 11 is 0. The fraction of sp³-hybridized carbons (Fsp3) is 0.286. The number of hydrogen-bond donors (Lipinski definition) is 2. The molecule has 0 bridgehead atoms. The first-order chi connectivity index (χ1) is 9.19. The molecule has 0 aromatic carbocycles. The number of aromatic hydroxyl groups is 1. The van der Waals surface area contributed by atoms with Crippen LogP contribution in [0, 0.1) is 6.92 Å². The van der Waals surface area contributed by atoms with Crippen molar-refractivity contribution in [3.05, 3.63) is 47.4 Å². The van der Waals surface area contributed by atoms with Crippen LogP contribution in [0.3, 0.4) is 0 Å². The Labute approximate surface area is 112 Å². The number of ether oxygens (including phenoxy) is 1. The van der Waals surface area contributed by atoms with E-state index in [0.29, 0.717) is 24.7 Å². The van der Waals surface area contributed by atoms with Crippen molar-refractivity contribution in [3.63, 3.8) is 0 Å². The zero-order valence-corrected chi connectivity index (χ0v) is 11.1. The number of aromatic nitrogens is 2. The lowest BCUT2D eigenvalue weighted by molar-refractivity contribution is 0.397. The average molecular weight is 259 g/mol. The van der Waals surface area contributed by atoms with Crippen LogP contribution in [0.25, 0.3) is 0 Å². The van der Waals surface area contributed by atoms with E-state index in [1.54, 1.807) is 25.4 Å². The van der Waals surface area contributed by atoms with Gasteiger partial charge in [-0.15, -0.1) is 0 Å². The molecule has 0 aliphatic rings. The summed E-state index contributed by atoms with van der Waals surface area (Å²) < 4.78 is 5.00. The second-order valence-electron chi connectivity index (χ2n) is 4.23. The number of hydrogen-bond acceptors (Lipinski definition) is 5. The van der Waals surface area contributed by atoms with Gasteiger partial charge in [-0.1, -0.05) is 6.07 Å². The lowest BCUT2D eigenvalue weighted by Gasteiger charge is -2.07. The van der Waals surface area contributed by atoms with E-state index in [4.69, 9.17) is 4.74 Å². The molecule has 2 aromatic heterocycles. The van der Waals surface area contributed by atoms with Crippen molar-refractivity contribution < 1.29 is 9.84 Å². The largest absolute Gasteiger partial charge is 0.506 e. The SMILES string of the molecule is COc1ccc(CNCc2nc(C)ccc2O)cn1. The highest BCUT2D eigenvalue weighted by molar-refractivity contribution is 5.27. The molecule has 5 heteroatoms. The molecule has 2 N–H and O–H groups in total. The highest BCUT2D eigenvalue weighted by atomic mass is 16.5. The molecule has 0 atom stereocenters. The van der Waals surface area contributed by atoms with Crippen LogP contribution in [0.5, 0.6) is 11.6 Å². The molecule has 5 nitrogen and oxygen atoms in total. The topological polar surface area (TPSA) is 67.3 Å². The molecule has 0 saturated heterocycles. The van der Waals surface area contributed by atoms with Gasteiger partial charge in [0.25, 0.3) is 0 Å². The average Bonchev–Trinajstić information content (AvgIpc) is 2.43. The molecular formula is C14H17N3O2. The van der Waals surface area contributed by atoms with Gasteiger partial charge in [0, 0.05) is 31.0 Å². The summed E-state index contributed by atoms with van der Waals surface area (Å²) in [4.78, 5) is 8.41. The first kappa shape index (κ1) is 13.3. The van der Waals surface area contributed by atoms with E-state index in [2.05, 4.69) is 15.3 Å². The molecule has 0 spiro atoms. The van der Waals surface area contributed by atoms with Gasteiger partial charge in [-0.2, -0.15) is 0 Å². The summed E-state index contributed by atoms with van der Waals surface area (Å²) in [6.45, 7) is 3.07. The Morgan fingerprint density at radius 3 is 2.74 bits per heavy atom. The summed E-state index contributed by atoms with van der Waals surface area (Å²) in [5, 5.41) is 12.9. The molecule has 2 heterocycles. The van der Waals surface area contributed by atoms with Crippen molar-refractivity contribution in [2.24, 2.45) is 0 Å². The molecule has 0 radical (unpaired) electrons. The Balaban J connectivity index is 1.90. The fourth-order valence-corrected chi connectivity index (χ4v) is 1.69. The minimum atomic E-state index is 0.214. The predicted molar refractivity (Wildman–Crippen MR) is 72.0 cm³/mol. The van der Waals surface area contributed by atoms with Gasteiger partial charge in [0.2, 0.25) is 5.88 Å². The Kier molecular flexibility index (Phi) is 4.30. The van der Waals surface area contributed by atoms with E-state index < -0.39 is 0 Å². The smallest absolute Gasteiger partial charge is 0.212 e.